The van der Waals surface area contributed by atoms with Crippen molar-refractivity contribution in [1.29, 1.82) is 0 Å². The minimum Gasteiger partial charge on any atom is -0.341 e. The van der Waals surface area contributed by atoms with Gasteiger partial charge in [0.25, 0.3) is 0 Å². The molecule has 1 aromatic carbocycles. The molecule has 2 fully saturated rings. The molecule has 3 rings (SSSR count). The van der Waals surface area contributed by atoms with Gasteiger partial charge >= 0.3 is 0 Å². The van der Waals surface area contributed by atoms with Crippen molar-refractivity contribution < 1.29 is 13.2 Å². The molecule has 23 heavy (non-hydrogen) atoms. The zero-order valence-corrected chi connectivity index (χ0v) is 14.3. The van der Waals surface area contributed by atoms with Crippen molar-refractivity contribution in [3.8, 4) is 0 Å². The van der Waals surface area contributed by atoms with Gasteiger partial charge in [-0.05, 0) is 23.8 Å². The molecule has 1 aliphatic heterocycles. The zero-order valence-electron chi connectivity index (χ0n) is 13.5. The highest BCUT2D eigenvalue weighted by molar-refractivity contribution is 7.88. The van der Waals surface area contributed by atoms with Crippen molar-refractivity contribution >= 4 is 15.9 Å². The smallest absolute Gasteiger partial charge is 0.223 e. The van der Waals surface area contributed by atoms with E-state index in [1.165, 1.54) is 24.8 Å². The number of sulfonamides is 1. The van der Waals surface area contributed by atoms with Crippen molar-refractivity contribution in [1.82, 2.24) is 9.62 Å². The lowest BCUT2D eigenvalue weighted by molar-refractivity contribution is -0.130. The number of nitrogens with one attached hydrogen (secondary N) is 1. The molecule has 126 valence electrons. The van der Waals surface area contributed by atoms with Crippen LogP contribution in [0.3, 0.4) is 0 Å². The van der Waals surface area contributed by atoms with Crippen molar-refractivity contribution in [2.24, 2.45) is 5.41 Å². The standard InChI is InChI=1S/C17H24N2O3S/c1-23(21,22)18-11-8-16(20)19-12-15(14-6-3-2-4-7-14)17(13-19)9-5-10-17/h2-4,6-7,15,18H,5,8-13H2,1H3. The first-order valence-corrected chi connectivity index (χ1v) is 10.1. The van der Waals surface area contributed by atoms with Gasteiger partial charge in [-0.25, -0.2) is 13.1 Å². The maximum atomic E-state index is 12.4. The van der Waals surface area contributed by atoms with Gasteiger partial charge in [-0.3, -0.25) is 4.79 Å². The summed E-state index contributed by atoms with van der Waals surface area (Å²) in [7, 11) is -3.23. The Kier molecular flexibility index (Phi) is 4.47. The molecule has 1 aromatic rings. The lowest BCUT2D eigenvalue weighted by Gasteiger charge is -2.43. The average Bonchev–Trinajstić information content (AvgIpc) is 2.87. The molecule has 1 aliphatic carbocycles. The van der Waals surface area contributed by atoms with E-state index >= 15 is 0 Å². The van der Waals surface area contributed by atoms with E-state index in [0.29, 0.717) is 5.92 Å². The molecule has 1 saturated heterocycles. The SMILES string of the molecule is CS(=O)(=O)NCCC(=O)N1CC(c2ccccc2)C2(CCC2)C1. The summed E-state index contributed by atoms with van der Waals surface area (Å²) in [5.74, 6) is 0.454. The van der Waals surface area contributed by atoms with Crippen molar-refractivity contribution in [2.45, 2.75) is 31.6 Å². The Bertz CT molecular complexity index is 668. The average molecular weight is 336 g/mol. The normalized spacial score (nSPS) is 23.0. The van der Waals surface area contributed by atoms with Crippen LogP contribution < -0.4 is 4.72 Å². The van der Waals surface area contributed by atoms with E-state index in [0.717, 1.165) is 19.3 Å². The van der Waals surface area contributed by atoms with Gasteiger partial charge in [0.2, 0.25) is 15.9 Å². The third kappa shape index (κ3) is 3.58. The highest BCUT2D eigenvalue weighted by Gasteiger charge is 2.51. The lowest BCUT2D eigenvalue weighted by Crippen LogP contribution is -2.38. The first kappa shape index (κ1) is 16.5. The maximum Gasteiger partial charge on any atom is 0.223 e. The fourth-order valence-corrected chi connectivity index (χ4v) is 4.41. The summed E-state index contributed by atoms with van der Waals surface area (Å²) in [4.78, 5) is 14.4. The van der Waals surface area contributed by atoms with E-state index in [4.69, 9.17) is 0 Å². The highest BCUT2D eigenvalue weighted by Crippen LogP contribution is 2.55. The second-order valence-corrected chi connectivity index (χ2v) is 8.70. The Labute approximate surface area is 138 Å². The van der Waals surface area contributed by atoms with Crippen LogP contribution in [0.4, 0.5) is 0 Å². The lowest BCUT2D eigenvalue weighted by atomic mass is 9.61. The summed E-state index contributed by atoms with van der Waals surface area (Å²) in [6.07, 6.45) is 4.93. The number of likely N-dealkylation sites (tertiary alicyclic amines) is 1. The Morgan fingerprint density at radius 1 is 1.30 bits per heavy atom. The summed E-state index contributed by atoms with van der Waals surface area (Å²) >= 11 is 0. The molecule has 0 bridgehead atoms. The van der Waals surface area contributed by atoms with Gasteiger partial charge in [-0.2, -0.15) is 0 Å². The minimum atomic E-state index is -3.23. The third-order valence-electron chi connectivity index (χ3n) is 5.26. The maximum absolute atomic E-state index is 12.4. The fraction of sp³-hybridized carbons (Fsp3) is 0.588. The van der Waals surface area contributed by atoms with Crippen LogP contribution >= 0.6 is 0 Å². The molecule has 1 unspecified atom stereocenters. The summed E-state index contributed by atoms with van der Waals surface area (Å²) < 4.78 is 24.6. The molecule has 1 spiro atoms. The van der Waals surface area contributed by atoms with Crippen molar-refractivity contribution in [3.05, 3.63) is 35.9 Å². The van der Waals surface area contributed by atoms with Crippen LogP contribution in [0.15, 0.2) is 30.3 Å². The Morgan fingerprint density at radius 2 is 2.00 bits per heavy atom. The molecule has 1 atom stereocenters. The first-order chi connectivity index (χ1) is 10.9. The van der Waals surface area contributed by atoms with Crippen LogP contribution in [-0.4, -0.2) is 45.1 Å². The van der Waals surface area contributed by atoms with Gasteiger partial charge in [0.15, 0.2) is 0 Å². The van der Waals surface area contributed by atoms with E-state index in [2.05, 4.69) is 29.0 Å². The molecule has 5 nitrogen and oxygen atoms in total. The van der Waals surface area contributed by atoms with Crippen molar-refractivity contribution in [3.63, 3.8) is 0 Å². The second kappa shape index (κ2) is 6.24. The molecular weight excluding hydrogens is 312 g/mol. The van der Waals surface area contributed by atoms with Crippen LogP contribution in [0.2, 0.25) is 0 Å². The van der Waals surface area contributed by atoms with Crippen LogP contribution in [0.5, 0.6) is 0 Å². The van der Waals surface area contributed by atoms with Crippen LogP contribution in [0, 0.1) is 5.41 Å². The van der Waals surface area contributed by atoms with E-state index in [9.17, 15) is 13.2 Å². The molecule has 2 aliphatic rings. The van der Waals surface area contributed by atoms with Crippen LogP contribution in [-0.2, 0) is 14.8 Å². The summed E-state index contributed by atoms with van der Waals surface area (Å²) in [5.41, 5.74) is 1.55. The molecule has 1 amide bonds. The molecule has 0 aromatic heterocycles. The Balaban J connectivity index is 1.65. The predicted octanol–water partition coefficient (Wildman–Crippen LogP) is 1.72. The quantitative estimate of drug-likeness (QED) is 0.890. The number of nitrogens with zero attached hydrogens (tertiary/aromatic N) is 1. The van der Waals surface area contributed by atoms with Gasteiger partial charge in [-0.1, -0.05) is 36.8 Å². The summed E-state index contributed by atoms with van der Waals surface area (Å²) in [6, 6.07) is 10.4. The summed E-state index contributed by atoms with van der Waals surface area (Å²) in [6.45, 7) is 1.74. The summed E-state index contributed by atoms with van der Waals surface area (Å²) in [5, 5.41) is 0. The van der Waals surface area contributed by atoms with Crippen LogP contribution in [0.25, 0.3) is 0 Å². The van der Waals surface area contributed by atoms with E-state index < -0.39 is 10.0 Å². The van der Waals surface area contributed by atoms with Gasteiger partial charge in [0.1, 0.15) is 0 Å². The Hall–Kier alpha value is -1.40. The fourth-order valence-electron chi connectivity index (χ4n) is 3.94. The van der Waals surface area contributed by atoms with Crippen molar-refractivity contribution in [2.75, 3.05) is 25.9 Å². The minimum absolute atomic E-state index is 0.0471. The largest absolute Gasteiger partial charge is 0.341 e. The van der Waals surface area contributed by atoms with E-state index in [1.54, 1.807) is 0 Å². The van der Waals surface area contributed by atoms with Gasteiger partial charge in [0, 0.05) is 32.0 Å². The molecule has 1 heterocycles. The van der Waals surface area contributed by atoms with Crippen LogP contribution in [0.1, 0.15) is 37.2 Å². The predicted molar refractivity (Wildman–Crippen MR) is 89.5 cm³/mol. The zero-order chi connectivity index (χ0) is 16.5. The topological polar surface area (TPSA) is 66.5 Å². The molecule has 6 heteroatoms. The number of carbonyl (C=O) groups is 1. The second-order valence-electron chi connectivity index (χ2n) is 6.87. The Morgan fingerprint density at radius 3 is 2.57 bits per heavy atom. The van der Waals surface area contributed by atoms with Gasteiger partial charge < -0.3 is 4.90 Å². The monoisotopic (exact) mass is 336 g/mol. The highest BCUT2D eigenvalue weighted by atomic mass is 32.2. The molecular formula is C17H24N2O3S. The number of carbonyl (C=O) groups excluding carboxylic acids is 1. The van der Waals surface area contributed by atoms with Gasteiger partial charge in [0.05, 0.1) is 6.26 Å². The van der Waals surface area contributed by atoms with Gasteiger partial charge in [-0.15, -0.1) is 0 Å². The molecule has 1 N–H and O–H groups in total. The third-order valence-corrected chi connectivity index (χ3v) is 5.98. The number of amides is 1. The first-order valence-electron chi connectivity index (χ1n) is 8.17. The number of benzene rings is 1. The number of rotatable bonds is 5. The number of hydrogen-bond acceptors (Lipinski definition) is 3. The molecule has 1 saturated carbocycles. The number of hydrogen-bond donors (Lipinski definition) is 1. The van der Waals surface area contributed by atoms with E-state index in [-0.39, 0.29) is 24.3 Å². The molecule has 0 radical (unpaired) electrons. The van der Waals surface area contributed by atoms with E-state index in [1.807, 2.05) is 11.0 Å².